The minimum absolute atomic E-state index is 0.0144. The lowest BCUT2D eigenvalue weighted by atomic mass is 10.1. The number of carbonyl (C=O) groups is 1. The van der Waals surface area contributed by atoms with Crippen LogP contribution in [0, 0.1) is 16.0 Å². The van der Waals surface area contributed by atoms with Crippen LogP contribution in [0.15, 0.2) is 18.2 Å². The maximum Gasteiger partial charge on any atom is 0.292 e. The van der Waals surface area contributed by atoms with Crippen molar-refractivity contribution in [3.05, 3.63) is 33.9 Å². The van der Waals surface area contributed by atoms with Crippen LogP contribution in [0.4, 0.5) is 11.4 Å². The summed E-state index contributed by atoms with van der Waals surface area (Å²) in [5.41, 5.74) is 0.790. The van der Waals surface area contributed by atoms with Gasteiger partial charge in [0.2, 0.25) is 0 Å². The molecule has 1 unspecified atom stereocenters. The van der Waals surface area contributed by atoms with Gasteiger partial charge in [0.05, 0.1) is 4.92 Å². The van der Waals surface area contributed by atoms with E-state index in [4.69, 9.17) is 0 Å². The average Bonchev–Trinajstić information content (AvgIpc) is 2.45. The number of thioether (sulfide) groups is 1. The Morgan fingerprint density at radius 1 is 1.48 bits per heavy atom. The maximum atomic E-state index is 11.8. The summed E-state index contributed by atoms with van der Waals surface area (Å²) >= 11 is 1.73. The predicted octanol–water partition coefficient (Wildman–Crippen LogP) is 2.76. The standard InChI is InChI=1S/C14H21N3O3S/c1-4-15-14(18)11-5-6-13(17(19)20)12(7-11)16-8-10(2)9-21-3/h5-7,10,16H,4,8-9H2,1-3H3,(H,15,18). The number of anilines is 1. The summed E-state index contributed by atoms with van der Waals surface area (Å²) in [6.07, 6.45) is 2.02. The first-order chi connectivity index (χ1) is 9.99. The lowest BCUT2D eigenvalue weighted by Gasteiger charge is -2.13. The van der Waals surface area contributed by atoms with Gasteiger partial charge in [-0.3, -0.25) is 14.9 Å². The number of nitrogens with zero attached hydrogens (tertiary/aromatic N) is 1. The highest BCUT2D eigenvalue weighted by Crippen LogP contribution is 2.26. The van der Waals surface area contributed by atoms with Gasteiger partial charge in [-0.15, -0.1) is 0 Å². The monoisotopic (exact) mass is 311 g/mol. The van der Waals surface area contributed by atoms with Crippen molar-refractivity contribution in [2.75, 3.05) is 30.4 Å². The Balaban J connectivity index is 2.93. The van der Waals surface area contributed by atoms with Crippen molar-refractivity contribution in [3.63, 3.8) is 0 Å². The number of nitrogens with one attached hydrogen (secondary N) is 2. The number of nitro benzene ring substituents is 1. The lowest BCUT2D eigenvalue weighted by molar-refractivity contribution is -0.384. The molecule has 0 spiro atoms. The summed E-state index contributed by atoms with van der Waals surface area (Å²) in [4.78, 5) is 22.4. The summed E-state index contributed by atoms with van der Waals surface area (Å²) in [6, 6.07) is 4.38. The van der Waals surface area contributed by atoms with E-state index in [-0.39, 0.29) is 11.6 Å². The SMILES string of the molecule is CCNC(=O)c1ccc([N+](=O)[O-])c(NCC(C)CSC)c1. The Bertz CT molecular complexity index is 508. The molecule has 0 heterocycles. The van der Waals surface area contributed by atoms with E-state index in [1.54, 1.807) is 11.8 Å². The van der Waals surface area contributed by atoms with E-state index >= 15 is 0 Å². The second-order valence-corrected chi connectivity index (χ2v) is 5.70. The van der Waals surface area contributed by atoms with Crippen LogP contribution in [0.25, 0.3) is 0 Å². The quantitative estimate of drug-likeness (QED) is 0.569. The first-order valence-corrected chi connectivity index (χ1v) is 8.18. The average molecular weight is 311 g/mol. The third-order valence-corrected chi connectivity index (χ3v) is 3.79. The smallest absolute Gasteiger partial charge is 0.292 e. The van der Waals surface area contributed by atoms with Gasteiger partial charge in [-0.1, -0.05) is 6.92 Å². The molecule has 0 aliphatic carbocycles. The fraction of sp³-hybridized carbons (Fsp3) is 0.500. The molecule has 1 rings (SSSR count). The van der Waals surface area contributed by atoms with Crippen LogP contribution in [0.1, 0.15) is 24.2 Å². The lowest BCUT2D eigenvalue weighted by Crippen LogP contribution is -2.23. The van der Waals surface area contributed by atoms with Crippen LogP contribution in [-0.4, -0.2) is 35.9 Å². The van der Waals surface area contributed by atoms with Crippen molar-refractivity contribution >= 4 is 29.0 Å². The molecule has 1 amide bonds. The van der Waals surface area contributed by atoms with Crippen LogP contribution in [0.5, 0.6) is 0 Å². The number of nitro groups is 1. The Morgan fingerprint density at radius 3 is 2.76 bits per heavy atom. The highest BCUT2D eigenvalue weighted by molar-refractivity contribution is 7.98. The highest BCUT2D eigenvalue weighted by atomic mass is 32.2. The Morgan fingerprint density at radius 2 is 2.19 bits per heavy atom. The van der Waals surface area contributed by atoms with E-state index in [1.165, 1.54) is 18.2 Å². The third kappa shape index (κ3) is 5.26. The minimum atomic E-state index is -0.441. The normalized spacial score (nSPS) is 11.8. The fourth-order valence-electron chi connectivity index (χ4n) is 1.87. The summed E-state index contributed by atoms with van der Waals surface area (Å²) < 4.78 is 0. The second kappa shape index (κ2) is 8.51. The van der Waals surface area contributed by atoms with Gasteiger partial charge in [0.15, 0.2) is 0 Å². The molecule has 0 radical (unpaired) electrons. The van der Waals surface area contributed by atoms with E-state index in [2.05, 4.69) is 17.6 Å². The minimum Gasteiger partial charge on any atom is -0.379 e. The van der Waals surface area contributed by atoms with Crippen molar-refractivity contribution in [1.82, 2.24) is 5.32 Å². The van der Waals surface area contributed by atoms with Crippen LogP contribution in [0.3, 0.4) is 0 Å². The van der Waals surface area contributed by atoms with Gasteiger partial charge in [-0.25, -0.2) is 0 Å². The molecule has 0 aromatic heterocycles. The molecule has 7 heteroatoms. The number of carbonyl (C=O) groups excluding carboxylic acids is 1. The van der Waals surface area contributed by atoms with Crippen LogP contribution in [-0.2, 0) is 0 Å². The van der Waals surface area contributed by atoms with Crippen molar-refractivity contribution in [2.45, 2.75) is 13.8 Å². The second-order valence-electron chi connectivity index (χ2n) is 4.79. The molecule has 21 heavy (non-hydrogen) atoms. The molecule has 0 aliphatic rings. The van der Waals surface area contributed by atoms with Gasteiger partial charge >= 0.3 is 0 Å². The summed E-state index contributed by atoms with van der Waals surface area (Å²) in [6.45, 7) is 5.04. The molecule has 0 bridgehead atoms. The van der Waals surface area contributed by atoms with Crippen LogP contribution < -0.4 is 10.6 Å². The highest BCUT2D eigenvalue weighted by Gasteiger charge is 2.17. The maximum absolute atomic E-state index is 11.8. The zero-order chi connectivity index (χ0) is 15.8. The molecule has 0 aliphatic heterocycles. The van der Waals surface area contributed by atoms with E-state index in [0.717, 1.165) is 5.75 Å². The Kier molecular flexibility index (Phi) is 7.01. The number of rotatable bonds is 8. The predicted molar refractivity (Wildman–Crippen MR) is 87.1 cm³/mol. The Hall–Kier alpha value is -1.76. The molecule has 0 saturated carbocycles. The zero-order valence-electron chi connectivity index (χ0n) is 12.5. The molecule has 0 saturated heterocycles. The molecule has 2 N–H and O–H groups in total. The number of benzene rings is 1. The van der Waals surface area contributed by atoms with Gasteiger partial charge in [0.25, 0.3) is 11.6 Å². The number of amides is 1. The van der Waals surface area contributed by atoms with E-state index in [9.17, 15) is 14.9 Å². The third-order valence-electron chi connectivity index (χ3n) is 2.88. The van der Waals surface area contributed by atoms with Gasteiger partial charge < -0.3 is 10.6 Å². The van der Waals surface area contributed by atoms with Gasteiger partial charge in [-0.05, 0) is 37.0 Å². The molecule has 1 aromatic rings. The van der Waals surface area contributed by atoms with Crippen molar-refractivity contribution < 1.29 is 9.72 Å². The first kappa shape index (κ1) is 17.3. The van der Waals surface area contributed by atoms with E-state index in [1.807, 2.05) is 13.2 Å². The van der Waals surface area contributed by atoms with Crippen LogP contribution >= 0.6 is 11.8 Å². The molecule has 0 fully saturated rings. The fourth-order valence-corrected chi connectivity index (χ4v) is 2.56. The van der Waals surface area contributed by atoms with Crippen molar-refractivity contribution in [2.24, 2.45) is 5.92 Å². The van der Waals surface area contributed by atoms with Gasteiger partial charge in [0, 0.05) is 24.7 Å². The Labute approximate surface area is 128 Å². The molecule has 6 nitrogen and oxygen atoms in total. The summed E-state index contributed by atoms with van der Waals surface area (Å²) in [7, 11) is 0. The largest absolute Gasteiger partial charge is 0.379 e. The zero-order valence-corrected chi connectivity index (χ0v) is 13.3. The van der Waals surface area contributed by atoms with Gasteiger partial charge in [0.1, 0.15) is 5.69 Å². The van der Waals surface area contributed by atoms with Gasteiger partial charge in [-0.2, -0.15) is 11.8 Å². The first-order valence-electron chi connectivity index (χ1n) is 6.79. The van der Waals surface area contributed by atoms with E-state index in [0.29, 0.717) is 30.3 Å². The molecule has 1 aromatic carbocycles. The molecular formula is C14H21N3O3S. The molecular weight excluding hydrogens is 290 g/mol. The summed E-state index contributed by atoms with van der Waals surface area (Å²) in [5, 5.41) is 16.8. The van der Waals surface area contributed by atoms with E-state index < -0.39 is 4.92 Å². The molecule has 1 atom stereocenters. The van der Waals surface area contributed by atoms with Crippen molar-refractivity contribution in [1.29, 1.82) is 0 Å². The topological polar surface area (TPSA) is 84.3 Å². The molecule has 116 valence electrons. The van der Waals surface area contributed by atoms with Crippen LogP contribution in [0.2, 0.25) is 0 Å². The number of hydrogen-bond acceptors (Lipinski definition) is 5. The summed E-state index contributed by atoms with van der Waals surface area (Å²) in [5.74, 6) is 1.12. The number of hydrogen-bond donors (Lipinski definition) is 2. The van der Waals surface area contributed by atoms with Crippen molar-refractivity contribution in [3.8, 4) is 0 Å².